The second-order valence-corrected chi connectivity index (χ2v) is 7.29. The first-order valence-corrected chi connectivity index (χ1v) is 8.49. The van der Waals surface area contributed by atoms with Gasteiger partial charge in [-0.25, -0.2) is 0 Å². The molecule has 0 aromatic rings. The Morgan fingerprint density at radius 1 is 1.11 bits per heavy atom. The van der Waals surface area contributed by atoms with Gasteiger partial charge in [-0.1, -0.05) is 19.3 Å². The maximum atomic E-state index is 12.4. The highest BCUT2D eigenvalue weighted by atomic mass is 32.2. The van der Waals surface area contributed by atoms with Gasteiger partial charge in [-0.3, -0.25) is 0 Å². The fourth-order valence-corrected chi connectivity index (χ4v) is 4.75. The molecular formula is C12H25N3O2S. The molecule has 3 unspecified atom stereocenters. The third kappa shape index (κ3) is 3.23. The molecule has 1 aliphatic carbocycles. The van der Waals surface area contributed by atoms with E-state index in [1.165, 1.54) is 0 Å². The lowest BCUT2D eigenvalue weighted by Crippen LogP contribution is -2.55. The number of rotatable bonds is 3. The van der Waals surface area contributed by atoms with E-state index in [1.807, 2.05) is 6.92 Å². The van der Waals surface area contributed by atoms with Crippen LogP contribution in [0.15, 0.2) is 0 Å². The maximum absolute atomic E-state index is 12.4. The van der Waals surface area contributed by atoms with Gasteiger partial charge in [0.2, 0.25) is 0 Å². The number of hydrogen-bond acceptors (Lipinski definition) is 3. The quantitative estimate of drug-likeness (QED) is 0.805. The topological polar surface area (TPSA) is 75.4 Å². The lowest BCUT2D eigenvalue weighted by Gasteiger charge is -2.36. The largest absolute Gasteiger partial charge is 0.326 e. The standard InChI is InChI=1S/C12H25N3O2S/c1-10-6-4-5-9-15(10)18(16,17)14-12-8-3-2-7-11(12)13/h10-12,14H,2-9,13H2,1H3. The molecule has 6 heteroatoms. The minimum Gasteiger partial charge on any atom is -0.326 e. The summed E-state index contributed by atoms with van der Waals surface area (Å²) in [5, 5.41) is 0. The van der Waals surface area contributed by atoms with Gasteiger partial charge in [-0.2, -0.15) is 17.4 Å². The van der Waals surface area contributed by atoms with Crippen LogP contribution in [0.1, 0.15) is 51.9 Å². The van der Waals surface area contributed by atoms with Gasteiger partial charge in [0.15, 0.2) is 0 Å². The molecule has 2 rings (SSSR count). The molecule has 0 aromatic heterocycles. The Hall–Kier alpha value is -0.170. The summed E-state index contributed by atoms with van der Waals surface area (Å²) < 4.78 is 29.2. The molecule has 1 saturated carbocycles. The predicted octanol–water partition coefficient (Wildman–Crippen LogP) is 0.965. The van der Waals surface area contributed by atoms with Gasteiger partial charge in [-0.05, 0) is 32.6 Å². The molecule has 0 bridgehead atoms. The van der Waals surface area contributed by atoms with Crippen molar-refractivity contribution in [3.8, 4) is 0 Å². The van der Waals surface area contributed by atoms with Crippen molar-refractivity contribution in [2.45, 2.75) is 70.0 Å². The number of nitrogens with zero attached hydrogens (tertiary/aromatic N) is 1. The molecule has 3 atom stereocenters. The van der Waals surface area contributed by atoms with Gasteiger partial charge >= 0.3 is 0 Å². The molecule has 2 aliphatic rings. The first-order chi connectivity index (χ1) is 8.50. The molecule has 1 saturated heterocycles. The van der Waals surface area contributed by atoms with Crippen LogP contribution in [0, 0.1) is 0 Å². The Labute approximate surface area is 110 Å². The molecule has 0 aromatic carbocycles. The summed E-state index contributed by atoms with van der Waals surface area (Å²) in [5.41, 5.74) is 6.00. The van der Waals surface area contributed by atoms with Crippen molar-refractivity contribution >= 4 is 10.2 Å². The smallest absolute Gasteiger partial charge is 0.279 e. The van der Waals surface area contributed by atoms with Crippen molar-refractivity contribution in [2.75, 3.05) is 6.54 Å². The number of nitrogens with two attached hydrogens (primary N) is 1. The average molecular weight is 275 g/mol. The molecule has 106 valence electrons. The highest BCUT2D eigenvalue weighted by Crippen LogP contribution is 2.22. The van der Waals surface area contributed by atoms with Gasteiger partial charge in [-0.15, -0.1) is 0 Å². The second-order valence-electron chi connectivity index (χ2n) is 5.63. The summed E-state index contributed by atoms with van der Waals surface area (Å²) in [6.07, 6.45) is 7.00. The zero-order chi connectivity index (χ0) is 13.2. The van der Waals surface area contributed by atoms with Gasteiger partial charge in [0.25, 0.3) is 10.2 Å². The number of hydrogen-bond donors (Lipinski definition) is 2. The highest BCUT2D eigenvalue weighted by molar-refractivity contribution is 7.87. The summed E-state index contributed by atoms with van der Waals surface area (Å²) in [4.78, 5) is 0. The van der Waals surface area contributed by atoms with Crippen molar-refractivity contribution in [2.24, 2.45) is 5.73 Å². The van der Waals surface area contributed by atoms with Crippen LogP contribution >= 0.6 is 0 Å². The van der Waals surface area contributed by atoms with E-state index in [0.717, 1.165) is 44.9 Å². The fraction of sp³-hybridized carbons (Fsp3) is 1.00. The van der Waals surface area contributed by atoms with E-state index >= 15 is 0 Å². The molecule has 0 spiro atoms. The van der Waals surface area contributed by atoms with Crippen molar-refractivity contribution in [3.63, 3.8) is 0 Å². The molecule has 3 N–H and O–H groups in total. The Morgan fingerprint density at radius 2 is 1.78 bits per heavy atom. The Bertz CT molecular complexity index is 372. The van der Waals surface area contributed by atoms with Crippen LogP contribution in [0.25, 0.3) is 0 Å². The summed E-state index contributed by atoms with van der Waals surface area (Å²) in [6, 6.07) is -0.0115. The molecule has 1 aliphatic heterocycles. The summed E-state index contributed by atoms with van der Waals surface area (Å²) >= 11 is 0. The van der Waals surface area contributed by atoms with Crippen molar-refractivity contribution < 1.29 is 8.42 Å². The monoisotopic (exact) mass is 275 g/mol. The van der Waals surface area contributed by atoms with E-state index in [2.05, 4.69) is 4.72 Å². The molecule has 0 radical (unpaired) electrons. The van der Waals surface area contributed by atoms with E-state index < -0.39 is 10.2 Å². The average Bonchev–Trinajstić information content (AvgIpc) is 2.32. The van der Waals surface area contributed by atoms with E-state index in [1.54, 1.807) is 4.31 Å². The highest BCUT2D eigenvalue weighted by Gasteiger charge is 2.33. The van der Waals surface area contributed by atoms with Crippen LogP contribution in [0.5, 0.6) is 0 Å². The van der Waals surface area contributed by atoms with E-state index in [0.29, 0.717) is 6.54 Å². The molecular weight excluding hydrogens is 250 g/mol. The maximum Gasteiger partial charge on any atom is 0.279 e. The van der Waals surface area contributed by atoms with E-state index in [4.69, 9.17) is 5.73 Å². The zero-order valence-electron chi connectivity index (χ0n) is 11.1. The SMILES string of the molecule is CC1CCCCN1S(=O)(=O)NC1CCCCC1N. The van der Waals surface area contributed by atoms with Crippen LogP contribution in [0.3, 0.4) is 0 Å². The van der Waals surface area contributed by atoms with Gasteiger partial charge in [0.05, 0.1) is 0 Å². The lowest BCUT2D eigenvalue weighted by atomic mass is 9.92. The van der Waals surface area contributed by atoms with Crippen LogP contribution in [-0.2, 0) is 10.2 Å². The number of nitrogens with one attached hydrogen (secondary N) is 1. The first-order valence-electron chi connectivity index (χ1n) is 7.05. The first kappa shape index (κ1) is 14.2. The third-order valence-corrected chi connectivity index (χ3v) is 5.93. The van der Waals surface area contributed by atoms with Crippen molar-refractivity contribution in [3.05, 3.63) is 0 Å². The third-order valence-electron chi connectivity index (χ3n) is 4.17. The van der Waals surface area contributed by atoms with Crippen molar-refractivity contribution in [1.29, 1.82) is 0 Å². The Kier molecular flexibility index (Phi) is 4.64. The fourth-order valence-electron chi connectivity index (χ4n) is 2.99. The molecule has 2 fully saturated rings. The van der Waals surface area contributed by atoms with E-state index in [9.17, 15) is 8.42 Å². The van der Waals surface area contributed by atoms with Gasteiger partial charge in [0, 0.05) is 24.7 Å². The van der Waals surface area contributed by atoms with Crippen LogP contribution in [0.4, 0.5) is 0 Å². The normalized spacial score (nSPS) is 35.6. The predicted molar refractivity (Wildman–Crippen MR) is 72.3 cm³/mol. The zero-order valence-corrected chi connectivity index (χ0v) is 12.0. The minimum atomic E-state index is -3.36. The van der Waals surface area contributed by atoms with Gasteiger partial charge in [0.1, 0.15) is 0 Å². The van der Waals surface area contributed by atoms with Crippen molar-refractivity contribution in [1.82, 2.24) is 9.03 Å². The molecule has 18 heavy (non-hydrogen) atoms. The van der Waals surface area contributed by atoms with Crippen LogP contribution in [0.2, 0.25) is 0 Å². The molecule has 5 nitrogen and oxygen atoms in total. The Balaban J connectivity index is 2.01. The molecule has 0 amide bonds. The summed E-state index contributed by atoms with van der Waals surface area (Å²) in [7, 11) is -3.36. The molecule has 1 heterocycles. The lowest BCUT2D eigenvalue weighted by molar-refractivity contribution is 0.258. The minimum absolute atomic E-state index is 0.0337. The van der Waals surface area contributed by atoms with E-state index in [-0.39, 0.29) is 18.1 Å². The van der Waals surface area contributed by atoms with Crippen LogP contribution < -0.4 is 10.5 Å². The number of piperidine rings is 1. The summed E-state index contributed by atoms with van der Waals surface area (Å²) in [6.45, 7) is 2.62. The Morgan fingerprint density at radius 3 is 2.44 bits per heavy atom. The van der Waals surface area contributed by atoms with Crippen LogP contribution in [-0.4, -0.2) is 37.4 Å². The van der Waals surface area contributed by atoms with Gasteiger partial charge < -0.3 is 5.73 Å². The summed E-state index contributed by atoms with van der Waals surface area (Å²) in [5.74, 6) is 0. The second kappa shape index (κ2) is 5.86.